The van der Waals surface area contributed by atoms with E-state index < -0.39 is 16.0 Å². The fraction of sp³-hybridized carbons (Fsp3) is 0.182. The smallest absolute Gasteiger partial charge is 0.340 e. The van der Waals surface area contributed by atoms with E-state index in [0.717, 1.165) is 11.3 Å². The Morgan fingerprint density at radius 3 is 2.39 bits per heavy atom. The fourth-order valence-corrected chi connectivity index (χ4v) is 5.23. The van der Waals surface area contributed by atoms with Gasteiger partial charge < -0.3 is 20.1 Å². The van der Waals surface area contributed by atoms with E-state index in [1.165, 1.54) is 37.7 Å². The Balaban J connectivity index is 1.70. The first-order valence-electron chi connectivity index (χ1n) is 9.82. The van der Waals surface area contributed by atoms with Gasteiger partial charge in [-0.25, -0.2) is 13.2 Å². The van der Waals surface area contributed by atoms with Crippen LogP contribution < -0.4 is 20.1 Å². The molecule has 174 valence electrons. The van der Waals surface area contributed by atoms with E-state index in [0.29, 0.717) is 27.7 Å². The number of thiocarbonyl (C=S) groups is 1. The molecule has 0 bridgehead atoms. The van der Waals surface area contributed by atoms with Crippen molar-refractivity contribution in [3.8, 4) is 5.75 Å². The lowest BCUT2D eigenvalue weighted by atomic mass is 10.2. The molecule has 0 fully saturated rings. The predicted octanol–water partition coefficient (Wildman–Crippen LogP) is 4.72. The number of nitrogens with one attached hydrogen (secondary N) is 3. The van der Waals surface area contributed by atoms with Crippen LogP contribution in [0, 0.1) is 0 Å². The monoisotopic (exact) mass is 505 g/mol. The average molecular weight is 506 g/mol. The van der Waals surface area contributed by atoms with Crippen LogP contribution in [0.4, 0.5) is 16.4 Å². The first-order chi connectivity index (χ1) is 15.8. The number of sulfonamides is 1. The maximum absolute atomic E-state index is 12.7. The molecule has 0 amide bonds. The molecule has 0 aliphatic rings. The highest BCUT2D eigenvalue weighted by Crippen LogP contribution is 2.30. The minimum atomic E-state index is -3.81. The Hall–Kier alpha value is -3.15. The number of anilines is 3. The summed E-state index contributed by atoms with van der Waals surface area (Å²) in [6, 6.07) is 14.6. The number of carbonyl (C=O) groups excluding carboxylic acids is 1. The normalized spacial score (nSPS) is 10.9. The summed E-state index contributed by atoms with van der Waals surface area (Å²) in [6.45, 7) is 1.99. The van der Waals surface area contributed by atoms with E-state index >= 15 is 0 Å². The lowest BCUT2D eigenvalue weighted by Gasteiger charge is -2.13. The van der Waals surface area contributed by atoms with Gasteiger partial charge in [0.25, 0.3) is 10.0 Å². The van der Waals surface area contributed by atoms with Crippen LogP contribution in [0.5, 0.6) is 5.75 Å². The van der Waals surface area contributed by atoms with Crippen molar-refractivity contribution < 1.29 is 22.7 Å². The Kier molecular flexibility index (Phi) is 7.90. The number of methoxy groups -OCH3 is 2. The SMILES string of the molecule is CCc1cc(C(=O)OC)c(NC(=S)Nc2ccc(S(=O)(=O)Nc3ccccc3OC)cc2)s1. The summed E-state index contributed by atoms with van der Waals surface area (Å²) in [5.74, 6) is -0.0322. The van der Waals surface area contributed by atoms with Crippen molar-refractivity contribution in [2.75, 3.05) is 29.6 Å². The summed E-state index contributed by atoms with van der Waals surface area (Å²) in [5.41, 5.74) is 1.33. The van der Waals surface area contributed by atoms with Crippen molar-refractivity contribution in [2.24, 2.45) is 0 Å². The van der Waals surface area contributed by atoms with Crippen LogP contribution in [0.25, 0.3) is 0 Å². The Morgan fingerprint density at radius 2 is 1.76 bits per heavy atom. The van der Waals surface area contributed by atoms with Gasteiger partial charge in [0.1, 0.15) is 10.8 Å². The molecular formula is C22H23N3O5S3. The predicted molar refractivity (Wildman–Crippen MR) is 135 cm³/mol. The maximum atomic E-state index is 12.7. The number of ether oxygens (including phenoxy) is 2. The lowest BCUT2D eigenvalue weighted by molar-refractivity contribution is 0.0602. The topological polar surface area (TPSA) is 106 Å². The molecule has 8 nitrogen and oxygen atoms in total. The third kappa shape index (κ3) is 6.01. The number of hydrogen-bond acceptors (Lipinski definition) is 7. The summed E-state index contributed by atoms with van der Waals surface area (Å²) in [4.78, 5) is 13.1. The van der Waals surface area contributed by atoms with Gasteiger partial charge in [0.05, 0.1) is 30.4 Å². The lowest BCUT2D eigenvalue weighted by Crippen LogP contribution is -2.20. The molecule has 0 saturated carbocycles. The van der Waals surface area contributed by atoms with Gasteiger partial charge in [-0.2, -0.15) is 0 Å². The van der Waals surface area contributed by atoms with E-state index in [4.69, 9.17) is 21.7 Å². The summed E-state index contributed by atoms with van der Waals surface area (Å²) in [6.07, 6.45) is 0.773. The molecule has 0 aliphatic carbocycles. The molecule has 0 unspecified atom stereocenters. The molecule has 0 radical (unpaired) electrons. The second kappa shape index (κ2) is 10.6. The van der Waals surface area contributed by atoms with Crippen LogP contribution in [-0.2, 0) is 21.2 Å². The van der Waals surface area contributed by atoms with E-state index in [-0.39, 0.29) is 10.0 Å². The summed E-state index contributed by atoms with van der Waals surface area (Å²) >= 11 is 6.77. The van der Waals surface area contributed by atoms with Crippen molar-refractivity contribution in [1.29, 1.82) is 0 Å². The molecule has 3 aromatic rings. The number of rotatable bonds is 8. The summed E-state index contributed by atoms with van der Waals surface area (Å²) in [5, 5.41) is 6.84. The van der Waals surface area contributed by atoms with Crippen molar-refractivity contribution >= 4 is 61.0 Å². The number of benzene rings is 2. The molecule has 0 spiro atoms. The van der Waals surface area contributed by atoms with Crippen LogP contribution in [0.15, 0.2) is 59.5 Å². The molecule has 0 saturated heterocycles. The number of para-hydroxylation sites is 2. The van der Waals surface area contributed by atoms with Crippen LogP contribution in [0.1, 0.15) is 22.2 Å². The van der Waals surface area contributed by atoms with Crippen molar-refractivity contribution in [3.05, 3.63) is 65.0 Å². The minimum absolute atomic E-state index is 0.0802. The van der Waals surface area contributed by atoms with Gasteiger partial charge in [0.15, 0.2) is 5.11 Å². The van der Waals surface area contributed by atoms with Crippen LogP contribution in [-0.4, -0.2) is 33.7 Å². The average Bonchev–Trinajstić information content (AvgIpc) is 3.21. The second-order valence-corrected chi connectivity index (χ2v) is 9.94. The quantitative estimate of drug-likeness (QED) is 0.298. The number of thiophene rings is 1. The van der Waals surface area contributed by atoms with Gasteiger partial charge >= 0.3 is 5.97 Å². The van der Waals surface area contributed by atoms with Gasteiger partial charge in [-0.3, -0.25) is 4.72 Å². The second-order valence-electron chi connectivity index (χ2n) is 6.71. The highest BCUT2D eigenvalue weighted by atomic mass is 32.2. The Bertz CT molecular complexity index is 1250. The molecule has 2 aromatic carbocycles. The standard InChI is InChI=1S/C22H23N3O5S3/c1-4-15-13-17(21(26)30-3)20(32-15)24-22(31)23-14-9-11-16(12-10-14)33(27,28)25-18-7-5-6-8-19(18)29-2/h5-13,25H,4H2,1-3H3,(H2,23,24,31). The fourth-order valence-electron chi connectivity index (χ4n) is 2.89. The third-order valence-corrected chi connectivity index (χ3v) is 7.32. The van der Waals surface area contributed by atoms with Crippen molar-refractivity contribution in [3.63, 3.8) is 0 Å². The van der Waals surface area contributed by atoms with E-state index in [1.54, 1.807) is 42.5 Å². The summed E-state index contributed by atoms with van der Waals surface area (Å²) in [7, 11) is -1.02. The van der Waals surface area contributed by atoms with Gasteiger partial charge in [0.2, 0.25) is 0 Å². The van der Waals surface area contributed by atoms with Crippen LogP contribution in [0.3, 0.4) is 0 Å². The number of hydrogen-bond donors (Lipinski definition) is 3. The largest absolute Gasteiger partial charge is 0.495 e. The molecule has 11 heteroatoms. The van der Waals surface area contributed by atoms with E-state index in [2.05, 4.69) is 15.4 Å². The molecule has 0 aliphatic heterocycles. The Morgan fingerprint density at radius 1 is 1.06 bits per heavy atom. The molecule has 33 heavy (non-hydrogen) atoms. The first kappa shape index (κ1) is 24.5. The number of carbonyl (C=O) groups is 1. The Labute approximate surface area is 202 Å². The maximum Gasteiger partial charge on any atom is 0.340 e. The molecule has 3 N–H and O–H groups in total. The summed E-state index contributed by atoms with van der Waals surface area (Å²) < 4.78 is 38.0. The molecule has 3 rings (SSSR count). The van der Waals surface area contributed by atoms with Crippen molar-refractivity contribution in [1.82, 2.24) is 0 Å². The van der Waals surface area contributed by atoms with Crippen LogP contribution >= 0.6 is 23.6 Å². The zero-order valence-corrected chi connectivity index (χ0v) is 20.6. The number of aryl methyl sites for hydroxylation is 1. The van der Waals surface area contributed by atoms with Crippen molar-refractivity contribution in [2.45, 2.75) is 18.2 Å². The highest BCUT2D eigenvalue weighted by Gasteiger charge is 2.18. The van der Waals surface area contributed by atoms with E-state index in [9.17, 15) is 13.2 Å². The number of esters is 1. The first-order valence-corrected chi connectivity index (χ1v) is 12.5. The molecule has 1 heterocycles. The van der Waals surface area contributed by atoms with Gasteiger partial charge in [-0.1, -0.05) is 19.1 Å². The zero-order valence-electron chi connectivity index (χ0n) is 18.2. The molecular weight excluding hydrogens is 482 g/mol. The van der Waals surface area contributed by atoms with Gasteiger partial charge in [0, 0.05) is 10.6 Å². The zero-order chi connectivity index (χ0) is 24.0. The van der Waals surface area contributed by atoms with E-state index in [1.807, 2.05) is 6.92 Å². The van der Waals surface area contributed by atoms with Crippen LogP contribution in [0.2, 0.25) is 0 Å². The van der Waals surface area contributed by atoms with Gasteiger partial charge in [-0.05, 0) is 61.1 Å². The minimum Gasteiger partial charge on any atom is -0.495 e. The van der Waals surface area contributed by atoms with Gasteiger partial charge in [-0.15, -0.1) is 11.3 Å². The molecule has 1 aromatic heterocycles. The highest BCUT2D eigenvalue weighted by molar-refractivity contribution is 7.92. The molecule has 0 atom stereocenters. The third-order valence-electron chi connectivity index (χ3n) is 4.54.